The molecule has 1 aromatic carbocycles. The SMILES string of the molecule is CN=C(NCc1nnc(C)n1C)NCC(c1ccccc1OC)N1CCCC1.I. The lowest BCUT2D eigenvalue weighted by Gasteiger charge is -2.30. The molecule has 0 amide bonds. The molecule has 2 aromatic rings. The van der Waals surface area contributed by atoms with Crippen LogP contribution in [0.1, 0.15) is 36.1 Å². The summed E-state index contributed by atoms with van der Waals surface area (Å²) in [7, 11) is 5.48. The second kappa shape index (κ2) is 11.3. The summed E-state index contributed by atoms with van der Waals surface area (Å²) >= 11 is 0. The third-order valence-corrected chi connectivity index (χ3v) is 5.36. The first-order valence-corrected chi connectivity index (χ1v) is 9.80. The van der Waals surface area contributed by atoms with Crippen molar-refractivity contribution in [1.29, 1.82) is 0 Å². The predicted molar refractivity (Wildman–Crippen MR) is 126 cm³/mol. The fourth-order valence-corrected chi connectivity index (χ4v) is 3.61. The monoisotopic (exact) mass is 513 g/mol. The minimum atomic E-state index is 0. The molecule has 1 aromatic heterocycles. The summed E-state index contributed by atoms with van der Waals surface area (Å²) < 4.78 is 7.60. The van der Waals surface area contributed by atoms with E-state index in [1.165, 1.54) is 18.4 Å². The van der Waals surface area contributed by atoms with Crippen molar-refractivity contribution in [1.82, 2.24) is 30.3 Å². The van der Waals surface area contributed by atoms with Crippen molar-refractivity contribution < 1.29 is 4.74 Å². The maximum Gasteiger partial charge on any atom is 0.191 e. The van der Waals surface area contributed by atoms with E-state index in [2.05, 4.69) is 42.9 Å². The van der Waals surface area contributed by atoms with Crippen LogP contribution >= 0.6 is 24.0 Å². The molecule has 9 heteroatoms. The Labute approximate surface area is 190 Å². The zero-order valence-electron chi connectivity index (χ0n) is 17.7. The van der Waals surface area contributed by atoms with E-state index >= 15 is 0 Å². The molecule has 1 atom stereocenters. The Bertz CT molecular complexity index is 802. The first-order valence-electron chi connectivity index (χ1n) is 9.80. The van der Waals surface area contributed by atoms with Crippen LogP contribution in [0.5, 0.6) is 5.75 Å². The van der Waals surface area contributed by atoms with Gasteiger partial charge in [-0.2, -0.15) is 0 Å². The Balaban J connectivity index is 0.00000300. The minimum absolute atomic E-state index is 0. The zero-order valence-corrected chi connectivity index (χ0v) is 20.0. The number of rotatable bonds is 7. The minimum Gasteiger partial charge on any atom is -0.496 e. The third-order valence-electron chi connectivity index (χ3n) is 5.36. The molecule has 1 unspecified atom stereocenters. The molecule has 2 heterocycles. The number of halogens is 1. The van der Waals surface area contributed by atoms with Gasteiger partial charge in [0.25, 0.3) is 0 Å². The highest BCUT2D eigenvalue weighted by molar-refractivity contribution is 14.0. The fourth-order valence-electron chi connectivity index (χ4n) is 3.61. The number of nitrogens with one attached hydrogen (secondary N) is 2. The normalized spacial score (nSPS) is 15.7. The van der Waals surface area contributed by atoms with Crippen LogP contribution in [-0.4, -0.2) is 59.4 Å². The summed E-state index contributed by atoms with van der Waals surface area (Å²) in [5.41, 5.74) is 1.21. The van der Waals surface area contributed by atoms with Gasteiger partial charge < -0.3 is 19.9 Å². The summed E-state index contributed by atoms with van der Waals surface area (Å²) in [5, 5.41) is 15.1. The van der Waals surface area contributed by atoms with E-state index in [-0.39, 0.29) is 30.0 Å². The summed E-state index contributed by atoms with van der Waals surface area (Å²) in [5.74, 6) is 3.45. The summed E-state index contributed by atoms with van der Waals surface area (Å²) in [6.07, 6.45) is 2.48. The summed E-state index contributed by atoms with van der Waals surface area (Å²) in [6.45, 7) is 5.47. The number of para-hydroxylation sites is 1. The number of hydrogen-bond acceptors (Lipinski definition) is 5. The van der Waals surface area contributed by atoms with Crippen LogP contribution in [0.15, 0.2) is 29.3 Å². The van der Waals surface area contributed by atoms with E-state index in [0.29, 0.717) is 6.54 Å². The molecule has 1 fully saturated rings. The molecule has 2 N–H and O–H groups in total. The molecule has 160 valence electrons. The third kappa shape index (κ3) is 5.81. The molecule has 1 aliphatic rings. The molecule has 0 bridgehead atoms. The van der Waals surface area contributed by atoms with Gasteiger partial charge in [-0.1, -0.05) is 18.2 Å². The van der Waals surface area contributed by atoms with Crippen molar-refractivity contribution in [2.75, 3.05) is 33.8 Å². The fraction of sp³-hybridized carbons (Fsp3) is 0.550. The molecular formula is C20H32IN7O. The Morgan fingerprint density at radius 2 is 1.93 bits per heavy atom. The van der Waals surface area contributed by atoms with Crippen molar-refractivity contribution in [3.63, 3.8) is 0 Å². The van der Waals surface area contributed by atoms with Gasteiger partial charge in [0.05, 0.1) is 19.7 Å². The highest BCUT2D eigenvalue weighted by atomic mass is 127. The maximum absolute atomic E-state index is 5.62. The van der Waals surface area contributed by atoms with E-state index in [1.807, 2.05) is 30.7 Å². The van der Waals surface area contributed by atoms with Gasteiger partial charge >= 0.3 is 0 Å². The summed E-state index contributed by atoms with van der Waals surface area (Å²) in [4.78, 5) is 6.88. The van der Waals surface area contributed by atoms with Crippen LogP contribution in [0.3, 0.4) is 0 Å². The first kappa shape index (κ1) is 23.4. The van der Waals surface area contributed by atoms with Crippen LogP contribution in [0, 0.1) is 6.92 Å². The van der Waals surface area contributed by atoms with E-state index in [0.717, 1.165) is 43.0 Å². The second-order valence-corrected chi connectivity index (χ2v) is 7.03. The van der Waals surface area contributed by atoms with Crippen molar-refractivity contribution in [2.45, 2.75) is 32.4 Å². The van der Waals surface area contributed by atoms with E-state index in [9.17, 15) is 0 Å². The molecule has 8 nitrogen and oxygen atoms in total. The Hall–Kier alpha value is -1.88. The largest absolute Gasteiger partial charge is 0.496 e. The number of aromatic nitrogens is 3. The maximum atomic E-state index is 5.62. The van der Waals surface area contributed by atoms with Crippen LogP contribution in [0.25, 0.3) is 0 Å². The number of nitrogens with zero attached hydrogens (tertiary/aromatic N) is 5. The van der Waals surface area contributed by atoms with Crippen molar-refractivity contribution in [3.05, 3.63) is 41.5 Å². The molecule has 1 saturated heterocycles. The number of methoxy groups -OCH3 is 1. The van der Waals surface area contributed by atoms with E-state index in [1.54, 1.807) is 14.2 Å². The lowest BCUT2D eigenvalue weighted by atomic mass is 10.0. The quantitative estimate of drug-likeness (QED) is 0.336. The van der Waals surface area contributed by atoms with Crippen molar-refractivity contribution in [2.24, 2.45) is 12.0 Å². The number of benzene rings is 1. The van der Waals surface area contributed by atoms with Gasteiger partial charge in [0.15, 0.2) is 11.8 Å². The number of guanidine groups is 1. The molecule has 29 heavy (non-hydrogen) atoms. The van der Waals surface area contributed by atoms with Gasteiger partial charge in [-0.15, -0.1) is 34.2 Å². The average Bonchev–Trinajstić information content (AvgIpc) is 3.36. The standard InChI is InChI=1S/C20H31N7O.HI/c1-15-24-25-19(26(15)3)14-23-20(21-2)22-13-17(27-11-7-8-12-27)16-9-5-6-10-18(16)28-4;/h5-6,9-10,17H,7-8,11-14H2,1-4H3,(H2,21,22,23);1H. The zero-order chi connectivity index (χ0) is 19.9. The topological polar surface area (TPSA) is 79.6 Å². The van der Waals surface area contributed by atoms with Crippen LogP contribution in [0.4, 0.5) is 0 Å². The first-order chi connectivity index (χ1) is 13.6. The number of aryl methyl sites for hydroxylation is 1. The molecule has 0 spiro atoms. The molecule has 1 aliphatic heterocycles. The molecule has 3 rings (SSSR count). The number of ether oxygens (including phenoxy) is 1. The van der Waals surface area contributed by atoms with Crippen molar-refractivity contribution in [3.8, 4) is 5.75 Å². The van der Waals surface area contributed by atoms with Gasteiger partial charge in [0, 0.05) is 26.2 Å². The van der Waals surface area contributed by atoms with Crippen LogP contribution < -0.4 is 15.4 Å². The molecule has 0 radical (unpaired) electrons. The van der Waals surface area contributed by atoms with Gasteiger partial charge in [-0.25, -0.2) is 0 Å². The number of aliphatic imine (C=N–C) groups is 1. The Kier molecular flexibility index (Phi) is 9.15. The Morgan fingerprint density at radius 1 is 1.21 bits per heavy atom. The lowest BCUT2D eigenvalue weighted by Crippen LogP contribution is -2.42. The van der Waals surface area contributed by atoms with Gasteiger partial charge in [0.1, 0.15) is 11.6 Å². The highest BCUT2D eigenvalue weighted by Gasteiger charge is 2.26. The number of likely N-dealkylation sites (tertiary alicyclic amines) is 1. The van der Waals surface area contributed by atoms with E-state index in [4.69, 9.17) is 4.74 Å². The summed E-state index contributed by atoms with van der Waals surface area (Å²) in [6, 6.07) is 8.50. The highest BCUT2D eigenvalue weighted by Crippen LogP contribution is 2.31. The molecule has 0 aliphatic carbocycles. The average molecular weight is 513 g/mol. The lowest BCUT2D eigenvalue weighted by molar-refractivity contribution is 0.239. The molecular weight excluding hydrogens is 481 g/mol. The van der Waals surface area contributed by atoms with Crippen LogP contribution in [-0.2, 0) is 13.6 Å². The predicted octanol–water partition coefficient (Wildman–Crippen LogP) is 2.25. The van der Waals surface area contributed by atoms with E-state index < -0.39 is 0 Å². The van der Waals surface area contributed by atoms with Gasteiger partial charge in [-0.3, -0.25) is 9.89 Å². The van der Waals surface area contributed by atoms with Crippen molar-refractivity contribution >= 4 is 29.9 Å². The van der Waals surface area contributed by atoms with Gasteiger partial charge in [-0.05, 0) is 38.9 Å². The molecule has 0 saturated carbocycles. The second-order valence-electron chi connectivity index (χ2n) is 7.03. The van der Waals surface area contributed by atoms with Gasteiger partial charge in [0.2, 0.25) is 0 Å². The number of hydrogen-bond donors (Lipinski definition) is 2. The smallest absolute Gasteiger partial charge is 0.191 e. The Morgan fingerprint density at radius 3 is 2.55 bits per heavy atom. The van der Waals surface area contributed by atoms with Crippen LogP contribution in [0.2, 0.25) is 0 Å².